The van der Waals surface area contributed by atoms with Crippen LogP contribution >= 0.6 is 0 Å². The number of ether oxygens (including phenoxy) is 2. The van der Waals surface area contributed by atoms with Gasteiger partial charge in [-0.2, -0.15) is 0 Å². The first-order valence-electron chi connectivity index (χ1n) is 11.9. The molecule has 6 heteroatoms. The van der Waals surface area contributed by atoms with Gasteiger partial charge in [0.2, 0.25) is 0 Å². The first kappa shape index (κ1) is 21.4. The van der Waals surface area contributed by atoms with E-state index in [0.29, 0.717) is 6.04 Å². The highest BCUT2D eigenvalue weighted by atomic mass is 16.7. The van der Waals surface area contributed by atoms with Crippen LogP contribution in [0.4, 0.5) is 5.69 Å². The Balaban J connectivity index is 1.31. The minimum absolute atomic E-state index is 0.295. The van der Waals surface area contributed by atoms with Crippen molar-refractivity contribution in [3.05, 3.63) is 53.0 Å². The average Bonchev–Trinajstić information content (AvgIpc) is 3.39. The van der Waals surface area contributed by atoms with Gasteiger partial charge < -0.3 is 18.9 Å². The van der Waals surface area contributed by atoms with E-state index < -0.39 is 0 Å². The van der Waals surface area contributed by atoms with Crippen LogP contribution in [-0.2, 0) is 22.4 Å². The zero-order valence-corrected chi connectivity index (χ0v) is 19.7. The molecule has 2 aliphatic rings. The fourth-order valence-corrected chi connectivity index (χ4v) is 5.33. The van der Waals surface area contributed by atoms with Crippen molar-refractivity contribution in [3.8, 4) is 0 Å². The molecule has 1 aliphatic heterocycles. The van der Waals surface area contributed by atoms with E-state index in [9.17, 15) is 0 Å². The highest BCUT2D eigenvalue weighted by molar-refractivity contribution is 5.76. The van der Waals surface area contributed by atoms with Gasteiger partial charge in [0.1, 0.15) is 11.3 Å². The smallest absolute Gasteiger partial charge is 0.168 e. The summed E-state index contributed by atoms with van der Waals surface area (Å²) in [5.41, 5.74) is 6.78. The Bertz CT molecular complexity index is 1090. The van der Waals surface area contributed by atoms with Crippen LogP contribution in [0.15, 0.2) is 30.3 Å². The van der Waals surface area contributed by atoms with Gasteiger partial charge >= 0.3 is 0 Å². The fraction of sp³-hybridized carbons (Fsp3) is 0.538. The Labute approximate surface area is 190 Å². The molecule has 3 aromatic rings. The largest absolute Gasteiger partial charge is 0.372 e. The topological polar surface area (TPSA) is 52.4 Å². The Kier molecular flexibility index (Phi) is 5.68. The van der Waals surface area contributed by atoms with Crippen molar-refractivity contribution < 1.29 is 9.47 Å². The van der Waals surface area contributed by atoms with Gasteiger partial charge in [-0.05, 0) is 56.0 Å². The van der Waals surface area contributed by atoms with Crippen molar-refractivity contribution in [1.82, 2.24) is 14.5 Å². The van der Waals surface area contributed by atoms with E-state index in [-0.39, 0.29) is 5.79 Å². The Morgan fingerprint density at radius 3 is 2.41 bits per heavy atom. The molecule has 2 aromatic heterocycles. The van der Waals surface area contributed by atoms with E-state index in [0.717, 1.165) is 74.5 Å². The van der Waals surface area contributed by atoms with Crippen molar-refractivity contribution in [2.24, 2.45) is 0 Å². The van der Waals surface area contributed by atoms with Crippen LogP contribution in [0.5, 0.6) is 0 Å². The zero-order valence-electron chi connectivity index (χ0n) is 19.7. The lowest BCUT2D eigenvalue weighted by Crippen LogP contribution is -2.42. The number of hydrogen-bond acceptors (Lipinski definition) is 5. The standard InChI is InChI=1S/C26H34N4O2/c1-5-23-28-24-18(2)16-19(3)27-25(24)30(23)17-20-6-8-21(9-7-20)29(4)22-10-12-26(13-11-22)31-14-15-32-26/h6-9,16,22H,5,10-15,17H2,1-4H3. The number of nitrogens with zero attached hydrogens (tertiary/aromatic N) is 4. The molecule has 170 valence electrons. The van der Waals surface area contributed by atoms with Crippen molar-refractivity contribution >= 4 is 16.9 Å². The van der Waals surface area contributed by atoms with Crippen LogP contribution in [0.25, 0.3) is 11.2 Å². The molecule has 1 aliphatic carbocycles. The highest BCUT2D eigenvalue weighted by Gasteiger charge is 2.41. The number of pyridine rings is 1. The quantitative estimate of drug-likeness (QED) is 0.578. The molecule has 0 atom stereocenters. The van der Waals surface area contributed by atoms with Gasteiger partial charge in [0.15, 0.2) is 11.4 Å². The number of benzene rings is 1. The lowest BCUT2D eigenvalue weighted by Gasteiger charge is -2.40. The van der Waals surface area contributed by atoms with Gasteiger partial charge in [-0.25, -0.2) is 9.97 Å². The molecule has 3 heterocycles. The summed E-state index contributed by atoms with van der Waals surface area (Å²) in [5, 5.41) is 0. The first-order valence-corrected chi connectivity index (χ1v) is 11.9. The summed E-state index contributed by atoms with van der Waals surface area (Å²) in [6, 6.07) is 11.6. The predicted molar refractivity (Wildman–Crippen MR) is 127 cm³/mol. The summed E-state index contributed by atoms with van der Waals surface area (Å²) in [5.74, 6) is 0.797. The summed E-state index contributed by atoms with van der Waals surface area (Å²) in [4.78, 5) is 12.1. The Hall–Kier alpha value is -2.44. The summed E-state index contributed by atoms with van der Waals surface area (Å²) in [7, 11) is 2.21. The first-order chi connectivity index (χ1) is 15.5. The van der Waals surface area contributed by atoms with Crippen LogP contribution in [0.2, 0.25) is 0 Å². The number of aromatic nitrogens is 3. The highest BCUT2D eigenvalue weighted by Crippen LogP contribution is 2.38. The maximum absolute atomic E-state index is 5.89. The second-order valence-electron chi connectivity index (χ2n) is 9.34. The average molecular weight is 435 g/mol. The second kappa shape index (κ2) is 8.49. The summed E-state index contributed by atoms with van der Waals surface area (Å²) in [6.07, 6.45) is 5.07. The van der Waals surface area contributed by atoms with Crippen molar-refractivity contribution in [2.75, 3.05) is 25.2 Å². The molecule has 0 unspecified atom stereocenters. The molecule has 1 spiro atoms. The lowest BCUT2D eigenvalue weighted by atomic mass is 9.89. The minimum Gasteiger partial charge on any atom is -0.372 e. The number of fused-ring (bicyclic) bond motifs is 1. The van der Waals surface area contributed by atoms with Gasteiger partial charge in [0, 0.05) is 43.7 Å². The predicted octanol–water partition coefficient (Wildman–Crippen LogP) is 4.78. The van der Waals surface area contributed by atoms with Crippen molar-refractivity contribution in [2.45, 2.75) is 71.2 Å². The van der Waals surface area contributed by atoms with Crippen molar-refractivity contribution in [3.63, 3.8) is 0 Å². The number of aryl methyl sites for hydroxylation is 3. The second-order valence-corrected chi connectivity index (χ2v) is 9.34. The van der Waals surface area contributed by atoms with Crippen LogP contribution in [0.3, 0.4) is 0 Å². The van der Waals surface area contributed by atoms with E-state index in [1.54, 1.807) is 0 Å². The Morgan fingerprint density at radius 1 is 1.06 bits per heavy atom. The third-order valence-electron chi connectivity index (χ3n) is 7.18. The summed E-state index contributed by atoms with van der Waals surface area (Å²) < 4.78 is 14.1. The monoisotopic (exact) mass is 434 g/mol. The maximum Gasteiger partial charge on any atom is 0.168 e. The molecule has 32 heavy (non-hydrogen) atoms. The third kappa shape index (κ3) is 3.90. The molecule has 1 saturated heterocycles. The third-order valence-corrected chi connectivity index (χ3v) is 7.18. The number of rotatable bonds is 5. The molecule has 0 N–H and O–H groups in total. The van der Waals surface area contributed by atoms with E-state index in [1.165, 1.54) is 16.8 Å². The molecule has 5 rings (SSSR count). The van der Waals surface area contributed by atoms with E-state index in [4.69, 9.17) is 19.4 Å². The normalized spacial score (nSPS) is 18.6. The van der Waals surface area contributed by atoms with Gasteiger partial charge in [-0.1, -0.05) is 19.1 Å². The number of anilines is 1. The molecule has 2 fully saturated rings. The van der Waals surface area contributed by atoms with E-state index >= 15 is 0 Å². The van der Waals surface area contributed by atoms with Gasteiger partial charge in [-0.3, -0.25) is 0 Å². The van der Waals surface area contributed by atoms with Gasteiger partial charge in [0.05, 0.1) is 19.8 Å². The molecule has 0 radical (unpaired) electrons. The molecule has 1 aromatic carbocycles. The molecular weight excluding hydrogens is 400 g/mol. The maximum atomic E-state index is 5.89. The molecule has 0 bridgehead atoms. The van der Waals surface area contributed by atoms with Crippen LogP contribution in [0.1, 0.15) is 55.3 Å². The SMILES string of the molecule is CCc1nc2c(C)cc(C)nc2n1Cc1ccc(N(C)C2CCC3(CC2)OCCO3)cc1. The number of imidazole rings is 1. The van der Waals surface area contributed by atoms with E-state index in [2.05, 4.69) is 67.6 Å². The lowest BCUT2D eigenvalue weighted by molar-refractivity contribution is -0.178. The van der Waals surface area contributed by atoms with Gasteiger partial charge in [0.25, 0.3) is 0 Å². The summed E-state index contributed by atoms with van der Waals surface area (Å²) in [6.45, 7) is 8.60. The Morgan fingerprint density at radius 2 is 1.75 bits per heavy atom. The van der Waals surface area contributed by atoms with Crippen molar-refractivity contribution in [1.29, 1.82) is 0 Å². The number of hydrogen-bond donors (Lipinski definition) is 0. The molecule has 0 amide bonds. The molecule has 1 saturated carbocycles. The molecule has 6 nitrogen and oxygen atoms in total. The van der Waals surface area contributed by atoms with Crippen LogP contribution < -0.4 is 4.90 Å². The summed E-state index contributed by atoms with van der Waals surface area (Å²) >= 11 is 0. The fourth-order valence-electron chi connectivity index (χ4n) is 5.33. The van der Waals surface area contributed by atoms with Crippen LogP contribution in [0, 0.1) is 13.8 Å². The van der Waals surface area contributed by atoms with E-state index in [1.807, 2.05) is 0 Å². The zero-order chi connectivity index (χ0) is 22.3. The van der Waals surface area contributed by atoms with Gasteiger partial charge in [-0.15, -0.1) is 0 Å². The minimum atomic E-state index is -0.295. The molecular formula is C26H34N4O2. The van der Waals surface area contributed by atoms with Crippen LogP contribution in [-0.4, -0.2) is 46.6 Å².